The molecule has 5 heteroatoms. The molecule has 0 aromatic heterocycles. The summed E-state index contributed by atoms with van der Waals surface area (Å²) in [6.45, 7) is 3.79. The highest BCUT2D eigenvalue weighted by molar-refractivity contribution is 5.57. The zero-order valence-corrected chi connectivity index (χ0v) is 9.67. The van der Waals surface area contributed by atoms with Gasteiger partial charge in [-0.25, -0.2) is 0 Å². The average Bonchev–Trinajstić information content (AvgIpc) is 2.71. The lowest BCUT2D eigenvalue weighted by Crippen LogP contribution is -2.05. The van der Waals surface area contributed by atoms with Crippen molar-refractivity contribution in [3.05, 3.63) is 39.6 Å². The molecule has 0 saturated carbocycles. The minimum Gasteiger partial charge on any atom is -0.454 e. The van der Waals surface area contributed by atoms with E-state index in [1.54, 1.807) is 38.1 Å². The first kappa shape index (κ1) is 11.4. The molecule has 0 fully saturated rings. The Balaban J connectivity index is 2.34. The highest BCUT2D eigenvalue weighted by Crippen LogP contribution is 2.33. The molecule has 0 spiro atoms. The summed E-state index contributed by atoms with van der Waals surface area (Å²) in [7, 11) is 0. The zero-order valence-electron chi connectivity index (χ0n) is 9.67. The minimum atomic E-state index is -0.352. The third kappa shape index (κ3) is 2.38. The fourth-order valence-corrected chi connectivity index (χ4v) is 1.60. The molecule has 0 saturated heterocycles. The lowest BCUT2D eigenvalue weighted by atomic mass is 10.1. The fourth-order valence-electron chi connectivity index (χ4n) is 1.60. The highest BCUT2D eigenvalue weighted by atomic mass is 16.7. The van der Waals surface area contributed by atoms with Gasteiger partial charge in [-0.1, -0.05) is 19.9 Å². The van der Waals surface area contributed by atoms with Crippen LogP contribution >= 0.6 is 0 Å². The topological polar surface area (TPSA) is 61.6 Å². The van der Waals surface area contributed by atoms with Crippen LogP contribution in [0.3, 0.4) is 0 Å². The van der Waals surface area contributed by atoms with E-state index in [0.717, 1.165) is 5.56 Å². The van der Waals surface area contributed by atoms with Gasteiger partial charge in [-0.05, 0) is 17.7 Å². The molecule has 1 aliphatic heterocycles. The third-order valence-electron chi connectivity index (χ3n) is 2.51. The largest absolute Gasteiger partial charge is 0.454 e. The van der Waals surface area contributed by atoms with Crippen LogP contribution in [-0.4, -0.2) is 11.7 Å². The summed E-state index contributed by atoms with van der Waals surface area (Å²) in [5, 5.41) is 10.9. The van der Waals surface area contributed by atoms with Crippen LogP contribution in [0.25, 0.3) is 6.08 Å². The van der Waals surface area contributed by atoms with Crippen LogP contribution < -0.4 is 9.47 Å². The minimum absolute atomic E-state index is 0.129. The van der Waals surface area contributed by atoms with Crippen molar-refractivity contribution in [2.24, 2.45) is 5.92 Å². The summed E-state index contributed by atoms with van der Waals surface area (Å²) < 4.78 is 10.4. The number of benzene rings is 1. The zero-order chi connectivity index (χ0) is 12.4. The molecule has 90 valence electrons. The lowest BCUT2D eigenvalue weighted by molar-refractivity contribution is -0.431. The molecular formula is C12H13NO4. The number of allylic oxidation sites excluding steroid dienone is 1. The summed E-state index contributed by atoms with van der Waals surface area (Å²) in [5.41, 5.74) is 0.929. The van der Waals surface area contributed by atoms with E-state index in [2.05, 4.69) is 0 Å². The van der Waals surface area contributed by atoms with E-state index in [1.165, 1.54) is 0 Å². The molecule has 5 nitrogen and oxygen atoms in total. The SMILES string of the molecule is CC(C)/C(=C/c1ccc2c(c1)OCO2)[N+](=O)[O-]. The number of nitro groups is 1. The Kier molecular flexibility index (Phi) is 2.99. The van der Waals surface area contributed by atoms with E-state index in [0.29, 0.717) is 11.5 Å². The van der Waals surface area contributed by atoms with Gasteiger partial charge in [0.1, 0.15) is 0 Å². The number of nitrogens with zero attached hydrogens (tertiary/aromatic N) is 1. The van der Waals surface area contributed by atoms with Crippen LogP contribution in [0.1, 0.15) is 19.4 Å². The lowest BCUT2D eigenvalue weighted by Gasteiger charge is -2.02. The van der Waals surface area contributed by atoms with Crippen LogP contribution in [0.5, 0.6) is 11.5 Å². The molecule has 1 aromatic rings. The van der Waals surface area contributed by atoms with Crippen LogP contribution in [0.2, 0.25) is 0 Å². The second-order valence-electron chi connectivity index (χ2n) is 4.09. The summed E-state index contributed by atoms with van der Waals surface area (Å²) in [6.07, 6.45) is 1.56. The molecule has 1 aromatic carbocycles. The van der Waals surface area contributed by atoms with Gasteiger partial charge in [0, 0.05) is 12.0 Å². The van der Waals surface area contributed by atoms with Crippen LogP contribution in [0.15, 0.2) is 23.9 Å². The Morgan fingerprint density at radius 1 is 1.41 bits per heavy atom. The van der Waals surface area contributed by atoms with Crippen molar-refractivity contribution in [3.63, 3.8) is 0 Å². The molecule has 0 atom stereocenters. The standard InChI is InChI=1S/C12H13NO4/c1-8(2)10(13(14)15)5-9-3-4-11-12(6-9)17-7-16-11/h3-6,8H,7H2,1-2H3/b10-5-. The van der Waals surface area contributed by atoms with Crippen LogP contribution in [0, 0.1) is 16.0 Å². The van der Waals surface area contributed by atoms with Gasteiger partial charge in [0.2, 0.25) is 12.5 Å². The summed E-state index contributed by atoms with van der Waals surface area (Å²) in [4.78, 5) is 10.5. The summed E-state index contributed by atoms with van der Waals surface area (Å²) >= 11 is 0. The Morgan fingerprint density at radius 2 is 2.12 bits per heavy atom. The maximum Gasteiger partial charge on any atom is 0.249 e. The molecule has 17 heavy (non-hydrogen) atoms. The molecule has 1 aliphatic rings. The van der Waals surface area contributed by atoms with Gasteiger partial charge >= 0.3 is 0 Å². The van der Waals surface area contributed by atoms with Gasteiger partial charge in [-0.3, -0.25) is 10.1 Å². The second-order valence-corrected chi connectivity index (χ2v) is 4.09. The normalized spacial score (nSPS) is 14.2. The van der Waals surface area contributed by atoms with Crippen molar-refractivity contribution in [2.45, 2.75) is 13.8 Å². The maximum absolute atomic E-state index is 10.9. The van der Waals surface area contributed by atoms with Gasteiger partial charge in [0.05, 0.1) is 4.92 Å². The van der Waals surface area contributed by atoms with E-state index in [-0.39, 0.29) is 23.3 Å². The Morgan fingerprint density at radius 3 is 2.76 bits per heavy atom. The molecule has 1 heterocycles. The van der Waals surface area contributed by atoms with Crippen molar-refractivity contribution in [2.75, 3.05) is 6.79 Å². The first-order valence-corrected chi connectivity index (χ1v) is 5.33. The van der Waals surface area contributed by atoms with Gasteiger partial charge in [-0.15, -0.1) is 0 Å². The quantitative estimate of drug-likeness (QED) is 0.597. The van der Waals surface area contributed by atoms with Crippen molar-refractivity contribution in [1.29, 1.82) is 0 Å². The molecule has 0 unspecified atom stereocenters. The van der Waals surface area contributed by atoms with Crippen molar-refractivity contribution in [1.82, 2.24) is 0 Å². The first-order chi connectivity index (χ1) is 8.08. The van der Waals surface area contributed by atoms with Crippen LogP contribution in [-0.2, 0) is 0 Å². The molecule has 0 amide bonds. The number of fused-ring (bicyclic) bond motifs is 1. The monoisotopic (exact) mass is 235 g/mol. The Bertz CT molecular complexity index is 479. The van der Waals surface area contributed by atoms with E-state index >= 15 is 0 Å². The van der Waals surface area contributed by atoms with E-state index in [1.807, 2.05) is 0 Å². The van der Waals surface area contributed by atoms with E-state index < -0.39 is 0 Å². The predicted octanol–water partition coefficient (Wildman–Crippen LogP) is 2.69. The molecule has 0 aliphatic carbocycles. The second kappa shape index (κ2) is 4.45. The predicted molar refractivity (Wildman–Crippen MR) is 62.4 cm³/mol. The smallest absolute Gasteiger partial charge is 0.249 e. The van der Waals surface area contributed by atoms with Crippen molar-refractivity contribution in [3.8, 4) is 11.5 Å². The van der Waals surface area contributed by atoms with Crippen LogP contribution in [0.4, 0.5) is 0 Å². The summed E-state index contributed by atoms with van der Waals surface area (Å²) in [5.74, 6) is 1.18. The number of rotatable bonds is 3. The average molecular weight is 235 g/mol. The number of ether oxygens (including phenoxy) is 2. The molecule has 0 N–H and O–H groups in total. The van der Waals surface area contributed by atoms with Gasteiger partial charge in [0.25, 0.3) is 0 Å². The van der Waals surface area contributed by atoms with Gasteiger partial charge < -0.3 is 9.47 Å². The highest BCUT2D eigenvalue weighted by Gasteiger charge is 2.17. The maximum atomic E-state index is 10.9. The van der Waals surface area contributed by atoms with E-state index in [9.17, 15) is 10.1 Å². The fraction of sp³-hybridized carbons (Fsp3) is 0.333. The van der Waals surface area contributed by atoms with Gasteiger partial charge in [0.15, 0.2) is 11.5 Å². The summed E-state index contributed by atoms with van der Waals surface area (Å²) in [6, 6.07) is 5.28. The molecule has 2 rings (SSSR count). The Labute approximate surface area is 98.8 Å². The molecule has 0 radical (unpaired) electrons. The van der Waals surface area contributed by atoms with Gasteiger partial charge in [-0.2, -0.15) is 0 Å². The van der Waals surface area contributed by atoms with Crippen molar-refractivity contribution >= 4 is 6.08 Å². The van der Waals surface area contributed by atoms with E-state index in [4.69, 9.17) is 9.47 Å². The van der Waals surface area contributed by atoms with Crippen molar-refractivity contribution < 1.29 is 14.4 Å². The number of hydrogen-bond donors (Lipinski definition) is 0. The number of hydrogen-bond acceptors (Lipinski definition) is 4. The Hall–Kier alpha value is -2.04. The molecular weight excluding hydrogens is 222 g/mol. The first-order valence-electron chi connectivity index (χ1n) is 5.33. The molecule has 0 bridgehead atoms. The third-order valence-corrected chi connectivity index (χ3v) is 2.51.